The Bertz CT molecular complexity index is 1050. The van der Waals surface area contributed by atoms with Gasteiger partial charge in [0.15, 0.2) is 0 Å². The predicted molar refractivity (Wildman–Crippen MR) is 118 cm³/mol. The topological polar surface area (TPSA) is 66.8 Å². The second-order valence-electron chi connectivity index (χ2n) is 9.53. The van der Waals surface area contributed by atoms with Gasteiger partial charge in [-0.15, -0.1) is 0 Å². The second-order valence-corrected chi connectivity index (χ2v) is 9.53. The Balaban J connectivity index is 1.27. The van der Waals surface area contributed by atoms with Gasteiger partial charge in [-0.25, -0.2) is 9.18 Å². The third kappa shape index (κ3) is 3.71. The number of ether oxygens (including phenoxy) is 1. The van der Waals surface area contributed by atoms with E-state index in [1.54, 1.807) is 6.92 Å². The monoisotopic (exact) mass is 437 g/mol. The summed E-state index contributed by atoms with van der Waals surface area (Å²) in [5, 5.41) is 9.30. The van der Waals surface area contributed by atoms with Crippen molar-refractivity contribution >= 4 is 11.9 Å². The van der Waals surface area contributed by atoms with Gasteiger partial charge in [0.1, 0.15) is 11.9 Å². The zero-order valence-corrected chi connectivity index (χ0v) is 18.3. The third-order valence-electron chi connectivity index (χ3n) is 7.59. The van der Waals surface area contributed by atoms with E-state index in [1.807, 2.05) is 29.2 Å². The molecule has 0 radical (unpaired) electrons. The molecule has 1 aliphatic carbocycles. The van der Waals surface area contributed by atoms with E-state index < -0.39 is 5.97 Å². The average molecular weight is 438 g/mol. The number of likely N-dealkylation sites (tertiary alicyclic amines) is 1. The van der Waals surface area contributed by atoms with Gasteiger partial charge in [-0.1, -0.05) is 24.3 Å². The first-order valence-electron chi connectivity index (χ1n) is 11.4. The molecule has 2 saturated heterocycles. The number of aryl methyl sites for hydroxylation is 1. The van der Waals surface area contributed by atoms with Crippen molar-refractivity contribution in [2.24, 2.45) is 5.41 Å². The van der Waals surface area contributed by atoms with Crippen LogP contribution < -0.4 is 0 Å². The smallest absolute Gasteiger partial charge is 0.335 e. The number of hydrogen-bond donors (Lipinski definition) is 1. The molecule has 3 aliphatic rings. The number of amides is 1. The van der Waals surface area contributed by atoms with E-state index >= 15 is 0 Å². The van der Waals surface area contributed by atoms with Crippen LogP contribution in [-0.2, 0) is 9.53 Å². The number of benzene rings is 2. The number of rotatable bonds is 4. The van der Waals surface area contributed by atoms with Gasteiger partial charge in [0.2, 0.25) is 0 Å². The Morgan fingerprint density at radius 1 is 1.16 bits per heavy atom. The van der Waals surface area contributed by atoms with Crippen molar-refractivity contribution in [3.63, 3.8) is 0 Å². The molecule has 5 rings (SSSR count). The second kappa shape index (κ2) is 8.00. The Kier molecular flexibility index (Phi) is 5.28. The maximum Gasteiger partial charge on any atom is 0.335 e. The van der Waals surface area contributed by atoms with Crippen LogP contribution in [0.1, 0.15) is 59.5 Å². The minimum atomic E-state index is -1.06. The first-order valence-corrected chi connectivity index (χ1v) is 11.4. The summed E-state index contributed by atoms with van der Waals surface area (Å²) in [6, 6.07) is 10.6. The molecule has 2 aliphatic heterocycles. The summed E-state index contributed by atoms with van der Waals surface area (Å²) >= 11 is 0. The van der Waals surface area contributed by atoms with E-state index in [0.717, 1.165) is 45.2 Å². The number of carbonyl (C=O) groups is 2. The van der Waals surface area contributed by atoms with E-state index in [1.165, 1.54) is 17.7 Å². The maximum absolute atomic E-state index is 14.7. The standard InChI is InChI=1S/C26H28FNO4/c1-16-13-19(25(30)31)14-20(23(16)27)17-4-6-18(7-5-17)21-15-26(21)8-10-28(11-9-26)24(29)22-3-2-12-32-22/h4-7,13-14,21-22H,2-3,8-12,15H2,1H3,(H,30,31)/t21-,22-/m1/s1. The molecule has 0 bridgehead atoms. The van der Waals surface area contributed by atoms with Crippen LogP contribution in [0.3, 0.4) is 0 Å². The molecule has 2 aromatic rings. The Hall–Kier alpha value is -2.73. The van der Waals surface area contributed by atoms with Crippen LogP contribution in [0.5, 0.6) is 0 Å². The van der Waals surface area contributed by atoms with E-state index in [9.17, 15) is 19.1 Å². The Morgan fingerprint density at radius 2 is 1.88 bits per heavy atom. The highest BCUT2D eigenvalue weighted by Crippen LogP contribution is 2.65. The molecule has 6 heteroatoms. The number of carboxylic acids is 1. The van der Waals surface area contributed by atoms with Gasteiger partial charge in [0, 0.05) is 25.3 Å². The number of carboxylic acid groups (broad SMARTS) is 1. The van der Waals surface area contributed by atoms with Crippen molar-refractivity contribution in [1.29, 1.82) is 0 Å². The third-order valence-corrected chi connectivity index (χ3v) is 7.59. The fourth-order valence-electron chi connectivity index (χ4n) is 5.52. The molecular weight excluding hydrogens is 409 g/mol. The SMILES string of the molecule is Cc1cc(C(=O)O)cc(-c2ccc([C@H]3CC34CCN(C(=O)[C@H]3CCCO3)CC4)cc2)c1F. The van der Waals surface area contributed by atoms with Gasteiger partial charge in [-0.3, -0.25) is 4.79 Å². The van der Waals surface area contributed by atoms with Gasteiger partial charge >= 0.3 is 5.97 Å². The lowest BCUT2D eigenvalue weighted by Gasteiger charge is -2.34. The number of piperidine rings is 1. The first-order chi connectivity index (χ1) is 15.4. The molecule has 1 saturated carbocycles. The molecule has 1 amide bonds. The number of aromatic carboxylic acids is 1. The fourth-order valence-corrected chi connectivity index (χ4v) is 5.52. The summed E-state index contributed by atoms with van der Waals surface area (Å²) in [4.78, 5) is 25.9. The minimum absolute atomic E-state index is 0.0911. The van der Waals surface area contributed by atoms with E-state index in [2.05, 4.69) is 0 Å². The van der Waals surface area contributed by atoms with Crippen molar-refractivity contribution in [2.45, 2.75) is 51.0 Å². The molecule has 0 unspecified atom stereocenters. The van der Waals surface area contributed by atoms with Gasteiger partial charge in [-0.2, -0.15) is 0 Å². The number of nitrogens with zero attached hydrogens (tertiary/aromatic N) is 1. The van der Waals surface area contributed by atoms with Crippen LogP contribution in [0.15, 0.2) is 36.4 Å². The maximum atomic E-state index is 14.7. The van der Waals surface area contributed by atoms with Gasteiger partial charge in [0.25, 0.3) is 5.91 Å². The molecule has 2 aromatic carbocycles. The summed E-state index contributed by atoms with van der Waals surface area (Å²) in [6.45, 7) is 3.86. The molecule has 0 aromatic heterocycles. The zero-order valence-electron chi connectivity index (χ0n) is 18.3. The molecule has 3 fully saturated rings. The lowest BCUT2D eigenvalue weighted by Crippen LogP contribution is -2.44. The van der Waals surface area contributed by atoms with Gasteiger partial charge < -0.3 is 14.7 Å². The average Bonchev–Trinajstić information content (AvgIpc) is 3.21. The lowest BCUT2D eigenvalue weighted by atomic mass is 9.88. The first kappa shape index (κ1) is 21.1. The van der Waals surface area contributed by atoms with Crippen LogP contribution in [0.25, 0.3) is 11.1 Å². The minimum Gasteiger partial charge on any atom is -0.478 e. The highest BCUT2D eigenvalue weighted by molar-refractivity contribution is 5.90. The van der Waals surface area contributed by atoms with Crippen LogP contribution in [0.2, 0.25) is 0 Å². The molecule has 2 atom stereocenters. The summed E-state index contributed by atoms with van der Waals surface area (Å²) < 4.78 is 20.2. The normalized spacial score (nSPS) is 24.0. The molecule has 168 valence electrons. The van der Waals surface area contributed by atoms with Crippen LogP contribution in [0, 0.1) is 18.2 Å². The molecule has 1 N–H and O–H groups in total. The molecular formula is C26H28FNO4. The highest BCUT2D eigenvalue weighted by atomic mass is 19.1. The van der Waals surface area contributed by atoms with Crippen molar-refractivity contribution < 1.29 is 23.8 Å². The predicted octanol–water partition coefficient (Wildman–Crippen LogP) is 4.77. The largest absolute Gasteiger partial charge is 0.478 e. The summed E-state index contributed by atoms with van der Waals surface area (Å²) in [5.74, 6) is -0.822. The molecule has 5 nitrogen and oxygen atoms in total. The summed E-state index contributed by atoms with van der Waals surface area (Å²) in [6.07, 6.45) is 4.70. The van der Waals surface area contributed by atoms with Crippen LogP contribution in [0.4, 0.5) is 4.39 Å². The zero-order chi connectivity index (χ0) is 22.5. The summed E-state index contributed by atoms with van der Waals surface area (Å²) in [7, 11) is 0. The molecule has 2 heterocycles. The van der Waals surface area contributed by atoms with Crippen molar-refractivity contribution in [3.05, 3.63) is 58.9 Å². The Labute approximate surface area is 187 Å². The fraction of sp³-hybridized carbons (Fsp3) is 0.462. The van der Waals surface area contributed by atoms with Crippen LogP contribution in [-0.4, -0.2) is 47.7 Å². The van der Waals surface area contributed by atoms with Crippen molar-refractivity contribution in [3.8, 4) is 11.1 Å². The van der Waals surface area contributed by atoms with E-state index in [0.29, 0.717) is 29.2 Å². The molecule has 1 spiro atoms. The number of hydrogen-bond acceptors (Lipinski definition) is 3. The molecule has 32 heavy (non-hydrogen) atoms. The highest BCUT2D eigenvalue weighted by Gasteiger charge is 2.55. The van der Waals surface area contributed by atoms with E-state index in [-0.39, 0.29) is 28.8 Å². The van der Waals surface area contributed by atoms with E-state index in [4.69, 9.17) is 4.74 Å². The Morgan fingerprint density at radius 3 is 2.50 bits per heavy atom. The number of carbonyl (C=O) groups excluding carboxylic acids is 1. The quantitative estimate of drug-likeness (QED) is 0.748. The van der Waals surface area contributed by atoms with Crippen molar-refractivity contribution in [2.75, 3.05) is 19.7 Å². The van der Waals surface area contributed by atoms with Crippen LogP contribution >= 0.6 is 0 Å². The lowest BCUT2D eigenvalue weighted by molar-refractivity contribution is -0.142. The van der Waals surface area contributed by atoms with Gasteiger partial charge in [0.05, 0.1) is 5.56 Å². The van der Waals surface area contributed by atoms with Gasteiger partial charge in [-0.05, 0) is 79.2 Å². The summed E-state index contributed by atoms with van der Waals surface area (Å²) in [5.41, 5.74) is 2.92. The number of halogens is 1. The van der Waals surface area contributed by atoms with Crippen molar-refractivity contribution in [1.82, 2.24) is 4.90 Å².